The highest BCUT2D eigenvalue weighted by Crippen LogP contribution is 2.25. The molecule has 0 aromatic carbocycles. The molecular formula is C10H14N2S2. The van der Waals surface area contributed by atoms with Crippen molar-refractivity contribution in [1.82, 2.24) is 9.88 Å². The van der Waals surface area contributed by atoms with E-state index in [1.54, 1.807) is 11.3 Å². The molecule has 2 heterocycles. The number of hydrogen-bond acceptors (Lipinski definition) is 4. The van der Waals surface area contributed by atoms with Crippen LogP contribution in [0.15, 0.2) is 15.8 Å². The van der Waals surface area contributed by atoms with Crippen LogP contribution in [0.5, 0.6) is 0 Å². The maximum Gasteiger partial charge on any atom is 0.147 e. The quantitative estimate of drug-likeness (QED) is 0.741. The largest absolute Gasteiger partial charge is 0.299 e. The lowest BCUT2D eigenvalue weighted by Crippen LogP contribution is -2.33. The molecule has 0 aliphatic carbocycles. The van der Waals surface area contributed by atoms with Crippen LogP contribution < -0.4 is 0 Å². The number of hydrogen-bond donors (Lipinski definition) is 1. The Hall–Kier alpha value is -0.320. The molecule has 4 heteroatoms. The van der Waals surface area contributed by atoms with Gasteiger partial charge in [0.1, 0.15) is 4.34 Å². The van der Waals surface area contributed by atoms with Gasteiger partial charge in [0.05, 0.1) is 5.69 Å². The van der Waals surface area contributed by atoms with Crippen LogP contribution in [0.1, 0.15) is 19.0 Å². The number of thiazole rings is 1. The van der Waals surface area contributed by atoms with Crippen LogP contribution in [0.25, 0.3) is 5.57 Å². The van der Waals surface area contributed by atoms with Gasteiger partial charge in [0.2, 0.25) is 0 Å². The summed E-state index contributed by atoms with van der Waals surface area (Å²) in [6, 6.07) is 0.646. The molecule has 14 heavy (non-hydrogen) atoms. The summed E-state index contributed by atoms with van der Waals surface area (Å²) in [6.07, 6.45) is 3.41. The number of aromatic nitrogens is 1. The number of nitrogens with zero attached hydrogens (tertiary/aromatic N) is 2. The first kappa shape index (κ1) is 10.2. The van der Waals surface area contributed by atoms with Crippen molar-refractivity contribution in [3.05, 3.63) is 17.2 Å². The second kappa shape index (κ2) is 4.04. The van der Waals surface area contributed by atoms with Gasteiger partial charge in [0.15, 0.2) is 0 Å². The molecule has 0 fully saturated rings. The molecule has 0 radical (unpaired) electrons. The van der Waals surface area contributed by atoms with Crippen molar-refractivity contribution in [2.24, 2.45) is 0 Å². The zero-order valence-corrected chi connectivity index (χ0v) is 10.1. The van der Waals surface area contributed by atoms with Crippen LogP contribution in [-0.2, 0) is 0 Å². The highest BCUT2D eigenvalue weighted by molar-refractivity contribution is 7.82. The van der Waals surface area contributed by atoms with Crippen molar-refractivity contribution in [2.75, 3.05) is 13.6 Å². The molecule has 0 amide bonds. The van der Waals surface area contributed by atoms with Gasteiger partial charge in [-0.1, -0.05) is 6.08 Å². The number of rotatable bonds is 1. The molecule has 1 aromatic rings. The first-order valence-corrected chi connectivity index (χ1v) is 6.03. The summed E-state index contributed by atoms with van der Waals surface area (Å²) in [5.41, 5.74) is 2.43. The van der Waals surface area contributed by atoms with E-state index in [1.807, 2.05) is 0 Å². The fourth-order valence-corrected chi connectivity index (χ4v) is 2.42. The molecule has 1 aromatic heterocycles. The number of likely N-dealkylation sites (N-methyl/N-ethyl adjacent to an activating group) is 1. The summed E-state index contributed by atoms with van der Waals surface area (Å²) in [6.45, 7) is 3.25. The highest BCUT2D eigenvalue weighted by Gasteiger charge is 2.17. The molecule has 0 saturated carbocycles. The summed E-state index contributed by atoms with van der Waals surface area (Å²) in [5, 5.41) is 2.08. The normalized spacial score (nSPS) is 23.6. The van der Waals surface area contributed by atoms with Crippen LogP contribution in [0, 0.1) is 0 Å². The van der Waals surface area contributed by atoms with E-state index in [1.165, 1.54) is 5.57 Å². The monoisotopic (exact) mass is 226 g/mol. The molecular weight excluding hydrogens is 212 g/mol. The van der Waals surface area contributed by atoms with Crippen molar-refractivity contribution in [1.29, 1.82) is 0 Å². The van der Waals surface area contributed by atoms with E-state index in [-0.39, 0.29) is 0 Å². The van der Waals surface area contributed by atoms with Gasteiger partial charge >= 0.3 is 0 Å². The minimum Gasteiger partial charge on any atom is -0.299 e. The average Bonchev–Trinajstić information content (AvgIpc) is 2.57. The van der Waals surface area contributed by atoms with Crippen LogP contribution in [0.3, 0.4) is 0 Å². The predicted octanol–water partition coefficient (Wildman–Crippen LogP) is 2.54. The van der Waals surface area contributed by atoms with Gasteiger partial charge in [0.25, 0.3) is 0 Å². The van der Waals surface area contributed by atoms with E-state index in [2.05, 4.69) is 47.9 Å². The van der Waals surface area contributed by atoms with Crippen molar-refractivity contribution >= 4 is 29.5 Å². The summed E-state index contributed by atoms with van der Waals surface area (Å²) >= 11 is 5.83. The van der Waals surface area contributed by atoms with Crippen LogP contribution in [-0.4, -0.2) is 29.5 Å². The van der Waals surface area contributed by atoms with Gasteiger partial charge in [-0.3, -0.25) is 4.90 Å². The Labute approximate surface area is 94.1 Å². The molecule has 76 valence electrons. The minimum absolute atomic E-state index is 0.646. The standard InChI is InChI=1S/C10H14N2S2/c1-7-3-4-8(5-12(7)2)9-6-14-10(13)11-9/h4,6-7H,3,5H2,1-2H3,(H,11,13)/t7-/m1/s1. The highest BCUT2D eigenvalue weighted by atomic mass is 32.2. The second-order valence-electron chi connectivity index (χ2n) is 3.74. The van der Waals surface area contributed by atoms with Crippen molar-refractivity contribution in [2.45, 2.75) is 23.7 Å². The van der Waals surface area contributed by atoms with Gasteiger partial charge < -0.3 is 0 Å². The fourth-order valence-electron chi connectivity index (χ4n) is 1.58. The predicted molar refractivity (Wildman–Crippen MR) is 64.1 cm³/mol. The van der Waals surface area contributed by atoms with Crippen molar-refractivity contribution in [3.63, 3.8) is 0 Å². The third-order valence-corrected chi connectivity index (χ3v) is 3.76. The molecule has 2 nitrogen and oxygen atoms in total. The summed E-state index contributed by atoms with van der Waals surface area (Å²) in [4.78, 5) is 6.74. The Kier molecular flexibility index (Phi) is 2.95. The summed E-state index contributed by atoms with van der Waals surface area (Å²) in [7, 11) is 2.16. The average molecular weight is 226 g/mol. The maximum atomic E-state index is 4.38. The van der Waals surface area contributed by atoms with E-state index < -0.39 is 0 Å². The molecule has 1 aliphatic rings. The lowest BCUT2D eigenvalue weighted by Gasteiger charge is -2.28. The zero-order chi connectivity index (χ0) is 10.1. The lowest BCUT2D eigenvalue weighted by molar-refractivity contribution is 0.280. The first-order valence-electron chi connectivity index (χ1n) is 4.71. The number of thiol groups is 1. The van der Waals surface area contributed by atoms with Gasteiger partial charge in [-0.05, 0) is 26.0 Å². The third kappa shape index (κ3) is 2.02. The third-order valence-electron chi connectivity index (χ3n) is 2.70. The molecule has 1 atom stereocenters. The van der Waals surface area contributed by atoms with Crippen molar-refractivity contribution < 1.29 is 0 Å². The van der Waals surface area contributed by atoms with E-state index in [9.17, 15) is 0 Å². The van der Waals surface area contributed by atoms with Crippen LogP contribution in [0.4, 0.5) is 0 Å². The summed E-state index contributed by atoms with van der Waals surface area (Å²) in [5.74, 6) is 0. The molecule has 0 N–H and O–H groups in total. The van der Waals surface area contributed by atoms with E-state index >= 15 is 0 Å². The van der Waals surface area contributed by atoms with E-state index in [0.717, 1.165) is 23.0 Å². The smallest absolute Gasteiger partial charge is 0.147 e. The van der Waals surface area contributed by atoms with Crippen LogP contribution >= 0.6 is 24.0 Å². The second-order valence-corrected chi connectivity index (χ2v) is 5.33. The van der Waals surface area contributed by atoms with Gasteiger partial charge in [-0.25, -0.2) is 4.98 Å². The van der Waals surface area contributed by atoms with Crippen LogP contribution in [0.2, 0.25) is 0 Å². The SMILES string of the molecule is C[C@@H]1CC=C(c2csc(S)n2)CN1C. The Morgan fingerprint density at radius 1 is 1.64 bits per heavy atom. The Morgan fingerprint density at radius 2 is 2.43 bits per heavy atom. The topological polar surface area (TPSA) is 16.1 Å². The fraction of sp³-hybridized carbons (Fsp3) is 0.500. The molecule has 0 bridgehead atoms. The molecule has 1 aliphatic heterocycles. The maximum absolute atomic E-state index is 4.38. The molecule has 0 spiro atoms. The van der Waals surface area contributed by atoms with Crippen molar-refractivity contribution in [3.8, 4) is 0 Å². The summed E-state index contributed by atoms with van der Waals surface area (Å²) < 4.78 is 0.849. The van der Waals surface area contributed by atoms with E-state index in [0.29, 0.717) is 6.04 Å². The molecule has 2 rings (SSSR count). The Bertz CT molecular complexity index is 357. The molecule has 0 saturated heterocycles. The van der Waals surface area contributed by atoms with E-state index in [4.69, 9.17) is 0 Å². The zero-order valence-electron chi connectivity index (χ0n) is 8.40. The molecule has 0 unspecified atom stereocenters. The minimum atomic E-state index is 0.646. The lowest BCUT2D eigenvalue weighted by atomic mass is 10.0. The first-order chi connectivity index (χ1) is 6.66. The Balaban J connectivity index is 2.20. The van der Waals surface area contributed by atoms with Gasteiger partial charge in [-0.2, -0.15) is 0 Å². The Morgan fingerprint density at radius 3 is 3.00 bits per heavy atom. The van der Waals surface area contributed by atoms with Gasteiger partial charge in [0, 0.05) is 18.0 Å². The van der Waals surface area contributed by atoms with Gasteiger partial charge in [-0.15, -0.1) is 24.0 Å².